The summed E-state index contributed by atoms with van der Waals surface area (Å²) in [6.07, 6.45) is 0. The van der Waals surface area contributed by atoms with Gasteiger partial charge in [0, 0.05) is 10.7 Å². The van der Waals surface area contributed by atoms with E-state index in [0.29, 0.717) is 16.5 Å². The fourth-order valence-corrected chi connectivity index (χ4v) is 2.20. The average molecular weight is 342 g/mol. The summed E-state index contributed by atoms with van der Waals surface area (Å²) < 4.78 is 18.5. The molecule has 0 unspecified atom stereocenters. The maximum Gasteiger partial charge on any atom is 0.262 e. The number of hydrogen-bond donors (Lipinski definition) is 1. The van der Waals surface area contributed by atoms with Crippen LogP contribution in [0.15, 0.2) is 30.3 Å². The van der Waals surface area contributed by atoms with E-state index in [4.69, 9.17) is 27.9 Å². The van der Waals surface area contributed by atoms with Crippen molar-refractivity contribution in [3.8, 4) is 5.75 Å². The fraction of sp³-hybridized carbons (Fsp3) is 0.188. The van der Waals surface area contributed by atoms with Crippen LogP contribution < -0.4 is 10.1 Å². The van der Waals surface area contributed by atoms with Crippen LogP contribution >= 0.6 is 23.2 Å². The minimum absolute atomic E-state index is 0.0531. The minimum Gasteiger partial charge on any atom is -0.484 e. The van der Waals surface area contributed by atoms with E-state index in [1.165, 1.54) is 18.2 Å². The van der Waals surface area contributed by atoms with Crippen LogP contribution in [0.25, 0.3) is 0 Å². The first-order valence-corrected chi connectivity index (χ1v) is 7.27. The third-order valence-electron chi connectivity index (χ3n) is 2.98. The molecule has 116 valence electrons. The molecule has 0 saturated heterocycles. The Kier molecular flexibility index (Phi) is 5.27. The van der Waals surface area contributed by atoms with Gasteiger partial charge in [-0.25, -0.2) is 4.39 Å². The Hall–Kier alpha value is -1.78. The van der Waals surface area contributed by atoms with E-state index in [1.807, 2.05) is 13.8 Å². The van der Waals surface area contributed by atoms with Crippen LogP contribution in [0.2, 0.25) is 10.0 Å². The molecule has 2 aromatic carbocycles. The molecule has 0 fully saturated rings. The topological polar surface area (TPSA) is 38.3 Å². The van der Waals surface area contributed by atoms with E-state index < -0.39 is 5.82 Å². The second kappa shape index (κ2) is 6.99. The van der Waals surface area contributed by atoms with Gasteiger partial charge in [0.05, 0.1) is 5.02 Å². The number of aryl methyl sites for hydroxylation is 2. The highest BCUT2D eigenvalue weighted by Crippen LogP contribution is 2.26. The maximum absolute atomic E-state index is 13.0. The summed E-state index contributed by atoms with van der Waals surface area (Å²) in [5.74, 6) is -0.345. The minimum atomic E-state index is -0.539. The highest BCUT2D eigenvalue weighted by Gasteiger charge is 2.08. The van der Waals surface area contributed by atoms with Crippen molar-refractivity contribution < 1.29 is 13.9 Å². The number of rotatable bonds is 4. The zero-order valence-electron chi connectivity index (χ0n) is 12.0. The summed E-state index contributed by atoms with van der Waals surface area (Å²) in [6.45, 7) is 3.56. The average Bonchev–Trinajstić information content (AvgIpc) is 2.46. The third kappa shape index (κ3) is 4.12. The lowest BCUT2D eigenvalue weighted by Crippen LogP contribution is -2.20. The first-order chi connectivity index (χ1) is 10.4. The Morgan fingerprint density at radius 2 is 1.82 bits per heavy atom. The normalized spacial score (nSPS) is 10.4. The summed E-state index contributed by atoms with van der Waals surface area (Å²) in [7, 11) is 0. The van der Waals surface area contributed by atoms with Crippen molar-refractivity contribution in [3.05, 3.63) is 57.3 Å². The Bertz CT molecular complexity index is 696. The van der Waals surface area contributed by atoms with E-state index in [-0.39, 0.29) is 17.5 Å². The van der Waals surface area contributed by atoms with Gasteiger partial charge in [0.1, 0.15) is 11.6 Å². The van der Waals surface area contributed by atoms with Crippen LogP contribution in [0.5, 0.6) is 5.75 Å². The van der Waals surface area contributed by atoms with Gasteiger partial charge in [0.15, 0.2) is 6.61 Å². The van der Waals surface area contributed by atoms with Gasteiger partial charge in [-0.15, -0.1) is 0 Å². The summed E-state index contributed by atoms with van der Waals surface area (Å²) in [5.41, 5.74) is 2.16. The molecule has 22 heavy (non-hydrogen) atoms. The number of benzene rings is 2. The number of carbonyl (C=O) groups excluding carboxylic acids is 1. The van der Waals surface area contributed by atoms with Gasteiger partial charge in [0.2, 0.25) is 0 Å². The molecule has 2 aromatic rings. The maximum atomic E-state index is 13.0. The van der Waals surface area contributed by atoms with Gasteiger partial charge >= 0.3 is 0 Å². The number of ether oxygens (including phenoxy) is 1. The standard InChI is InChI=1S/C16H14Cl2FNO2/c1-9-5-12(6-10(2)16(9)18)22-8-15(21)20-11-3-4-14(19)13(17)7-11/h3-7H,8H2,1-2H3,(H,20,21). The lowest BCUT2D eigenvalue weighted by atomic mass is 10.1. The molecule has 0 radical (unpaired) electrons. The zero-order valence-corrected chi connectivity index (χ0v) is 13.6. The molecule has 6 heteroatoms. The largest absolute Gasteiger partial charge is 0.484 e. The number of nitrogens with one attached hydrogen (secondary N) is 1. The van der Waals surface area contributed by atoms with Crippen molar-refractivity contribution in [2.75, 3.05) is 11.9 Å². The second-order valence-electron chi connectivity index (χ2n) is 4.84. The van der Waals surface area contributed by atoms with Crippen molar-refractivity contribution in [1.29, 1.82) is 0 Å². The van der Waals surface area contributed by atoms with Crippen molar-refractivity contribution in [2.24, 2.45) is 0 Å². The first-order valence-electron chi connectivity index (χ1n) is 6.51. The summed E-state index contributed by atoms with van der Waals surface area (Å²) in [5, 5.41) is 3.21. The molecular weight excluding hydrogens is 328 g/mol. The van der Waals surface area contributed by atoms with Gasteiger partial charge in [0.25, 0.3) is 5.91 Å². The molecular formula is C16H14Cl2FNO2. The number of halogens is 3. The van der Waals surface area contributed by atoms with Crippen LogP contribution in [0.3, 0.4) is 0 Å². The predicted octanol–water partition coefficient (Wildman–Crippen LogP) is 4.77. The second-order valence-corrected chi connectivity index (χ2v) is 5.62. The van der Waals surface area contributed by atoms with Crippen LogP contribution in [0.1, 0.15) is 11.1 Å². The van der Waals surface area contributed by atoms with Crippen LogP contribution in [-0.4, -0.2) is 12.5 Å². The SMILES string of the molecule is Cc1cc(OCC(=O)Nc2ccc(F)c(Cl)c2)cc(C)c1Cl. The molecule has 0 aliphatic heterocycles. The van der Waals surface area contributed by atoms with E-state index >= 15 is 0 Å². The van der Waals surface area contributed by atoms with Gasteiger partial charge < -0.3 is 10.1 Å². The molecule has 0 saturated carbocycles. The van der Waals surface area contributed by atoms with Gasteiger partial charge in [-0.2, -0.15) is 0 Å². The van der Waals surface area contributed by atoms with Crippen LogP contribution in [-0.2, 0) is 4.79 Å². The van der Waals surface area contributed by atoms with Crippen LogP contribution in [0, 0.1) is 19.7 Å². The van der Waals surface area contributed by atoms with Crippen LogP contribution in [0.4, 0.5) is 10.1 Å². The fourth-order valence-electron chi connectivity index (χ4n) is 1.91. The molecule has 2 rings (SSSR count). The number of carbonyl (C=O) groups is 1. The number of hydrogen-bond acceptors (Lipinski definition) is 2. The molecule has 3 nitrogen and oxygen atoms in total. The first kappa shape index (κ1) is 16.6. The molecule has 0 atom stereocenters. The highest BCUT2D eigenvalue weighted by molar-refractivity contribution is 6.32. The van der Waals surface area contributed by atoms with Crippen molar-refractivity contribution in [1.82, 2.24) is 0 Å². The molecule has 0 aliphatic rings. The molecule has 0 heterocycles. The van der Waals surface area contributed by atoms with Gasteiger partial charge in [-0.05, 0) is 55.3 Å². The summed E-state index contributed by atoms with van der Waals surface area (Å²) in [4.78, 5) is 11.8. The molecule has 0 bridgehead atoms. The molecule has 1 N–H and O–H groups in total. The molecule has 1 amide bonds. The van der Waals surface area contributed by atoms with E-state index in [1.54, 1.807) is 12.1 Å². The lowest BCUT2D eigenvalue weighted by molar-refractivity contribution is -0.118. The summed E-state index contributed by atoms with van der Waals surface area (Å²) in [6, 6.07) is 7.47. The zero-order chi connectivity index (χ0) is 16.3. The Morgan fingerprint density at radius 3 is 2.41 bits per heavy atom. The Morgan fingerprint density at radius 1 is 1.18 bits per heavy atom. The number of anilines is 1. The summed E-state index contributed by atoms with van der Waals surface area (Å²) >= 11 is 11.7. The quantitative estimate of drug-likeness (QED) is 0.869. The van der Waals surface area contributed by atoms with Crippen molar-refractivity contribution >= 4 is 34.8 Å². The Balaban J connectivity index is 1.96. The highest BCUT2D eigenvalue weighted by atomic mass is 35.5. The molecule has 0 aromatic heterocycles. The van der Waals surface area contributed by atoms with E-state index in [0.717, 1.165) is 11.1 Å². The van der Waals surface area contributed by atoms with Crippen molar-refractivity contribution in [3.63, 3.8) is 0 Å². The third-order valence-corrected chi connectivity index (χ3v) is 3.87. The smallest absolute Gasteiger partial charge is 0.262 e. The van der Waals surface area contributed by atoms with E-state index in [9.17, 15) is 9.18 Å². The molecule has 0 spiro atoms. The predicted molar refractivity (Wildman–Crippen MR) is 86.5 cm³/mol. The Labute approximate surface area is 138 Å². The van der Waals surface area contributed by atoms with Gasteiger partial charge in [-0.1, -0.05) is 23.2 Å². The van der Waals surface area contributed by atoms with Crippen molar-refractivity contribution in [2.45, 2.75) is 13.8 Å². The monoisotopic (exact) mass is 341 g/mol. The van der Waals surface area contributed by atoms with Gasteiger partial charge in [-0.3, -0.25) is 4.79 Å². The molecule has 0 aliphatic carbocycles. The number of amides is 1. The lowest BCUT2D eigenvalue weighted by Gasteiger charge is -2.10. The van der Waals surface area contributed by atoms with E-state index in [2.05, 4.69) is 5.32 Å².